The Balaban J connectivity index is 2.11. The second kappa shape index (κ2) is 3.94. The van der Waals surface area contributed by atoms with Crippen LogP contribution in [-0.4, -0.2) is 31.2 Å². The van der Waals surface area contributed by atoms with Gasteiger partial charge in [-0.2, -0.15) is 0 Å². The summed E-state index contributed by atoms with van der Waals surface area (Å²) in [7, 11) is 1.76. The minimum atomic E-state index is 0.370. The maximum absolute atomic E-state index is 5.15. The van der Waals surface area contributed by atoms with Crippen LogP contribution in [0, 0.1) is 6.54 Å². The van der Waals surface area contributed by atoms with E-state index in [0.717, 1.165) is 6.54 Å². The molecule has 1 saturated heterocycles. The number of nitrogens with zero attached hydrogens (tertiary/aromatic N) is 1. The summed E-state index contributed by atoms with van der Waals surface area (Å²) in [5.41, 5.74) is 0. The van der Waals surface area contributed by atoms with Crippen molar-refractivity contribution in [3.63, 3.8) is 0 Å². The lowest BCUT2D eigenvalue weighted by Crippen LogP contribution is -2.26. The predicted molar refractivity (Wildman–Crippen MR) is 41.6 cm³/mol. The molecule has 59 valence electrons. The number of rotatable bonds is 3. The van der Waals surface area contributed by atoms with E-state index in [1.165, 1.54) is 19.4 Å². The fourth-order valence-corrected chi connectivity index (χ4v) is 1.23. The van der Waals surface area contributed by atoms with E-state index in [0.29, 0.717) is 6.10 Å². The fourth-order valence-electron chi connectivity index (χ4n) is 1.23. The van der Waals surface area contributed by atoms with Crippen LogP contribution in [0.15, 0.2) is 0 Å². The van der Waals surface area contributed by atoms with Crippen molar-refractivity contribution in [2.75, 3.05) is 20.2 Å². The first-order valence-corrected chi connectivity index (χ1v) is 3.93. The van der Waals surface area contributed by atoms with Crippen molar-refractivity contribution < 1.29 is 4.74 Å². The van der Waals surface area contributed by atoms with Crippen LogP contribution in [0.1, 0.15) is 19.8 Å². The molecule has 2 heteroatoms. The Morgan fingerprint density at radius 3 is 3.00 bits per heavy atom. The van der Waals surface area contributed by atoms with Crippen LogP contribution in [-0.2, 0) is 4.74 Å². The third-order valence-corrected chi connectivity index (χ3v) is 1.93. The zero-order valence-electron chi connectivity index (χ0n) is 6.84. The third kappa shape index (κ3) is 2.27. The SMILES string of the molecule is COC(C)CN1[CH]CCC1. The molecule has 2 nitrogen and oxygen atoms in total. The lowest BCUT2D eigenvalue weighted by molar-refractivity contribution is 0.0912. The van der Waals surface area contributed by atoms with Crippen LogP contribution in [0.2, 0.25) is 0 Å². The number of ether oxygens (including phenoxy) is 1. The van der Waals surface area contributed by atoms with Crippen molar-refractivity contribution in [1.82, 2.24) is 4.90 Å². The Kier molecular flexibility index (Phi) is 3.16. The highest BCUT2D eigenvalue weighted by Crippen LogP contribution is 2.12. The highest BCUT2D eigenvalue weighted by Gasteiger charge is 2.13. The summed E-state index contributed by atoms with van der Waals surface area (Å²) in [4.78, 5) is 2.34. The fraction of sp³-hybridized carbons (Fsp3) is 0.875. The molecule has 10 heavy (non-hydrogen) atoms. The largest absolute Gasteiger partial charge is 0.380 e. The molecule has 1 unspecified atom stereocenters. The van der Waals surface area contributed by atoms with Gasteiger partial charge in [-0.1, -0.05) is 0 Å². The Morgan fingerprint density at radius 1 is 1.70 bits per heavy atom. The van der Waals surface area contributed by atoms with Gasteiger partial charge in [0.05, 0.1) is 6.10 Å². The van der Waals surface area contributed by atoms with Crippen molar-refractivity contribution in [3.05, 3.63) is 6.54 Å². The van der Waals surface area contributed by atoms with Crippen molar-refractivity contribution >= 4 is 0 Å². The van der Waals surface area contributed by atoms with Crippen LogP contribution in [0.5, 0.6) is 0 Å². The van der Waals surface area contributed by atoms with Crippen LogP contribution >= 0.6 is 0 Å². The van der Waals surface area contributed by atoms with E-state index in [9.17, 15) is 0 Å². The van der Waals surface area contributed by atoms with Crippen molar-refractivity contribution in [3.8, 4) is 0 Å². The van der Waals surface area contributed by atoms with E-state index in [1.54, 1.807) is 7.11 Å². The van der Waals surface area contributed by atoms with Crippen LogP contribution in [0.4, 0.5) is 0 Å². The average Bonchev–Trinajstić information content (AvgIpc) is 2.40. The number of hydrogen-bond donors (Lipinski definition) is 0. The first kappa shape index (κ1) is 8.02. The molecule has 0 aromatic rings. The summed E-state index contributed by atoms with van der Waals surface area (Å²) in [6, 6.07) is 0. The smallest absolute Gasteiger partial charge is 0.0670 e. The standard InChI is InChI=1S/C8H16NO/c1-8(10-2)7-9-5-3-4-6-9/h5,8H,3-4,6-7H2,1-2H3. The van der Waals surface area contributed by atoms with Crippen molar-refractivity contribution in [2.24, 2.45) is 0 Å². The molecule has 1 atom stereocenters. The number of hydrogen-bond acceptors (Lipinski definition) is 2. The highest BCUT2D eigenvalue weighted by atomic mass is 16.5. The number of methoxy groups -OCH3 is 1. The van der Waals surface area contributed by atoms with Gasteiger partial charge in [0.2, 0.25) is 0 Å². The summed E-state index contributed by atoms with van der Waals surface area (Å²) in [6.07, 6.45) is 2.93. The van der Waals surface area contributed by atoms with Crippen molar-refractivity contribution in [2.45, 2.75) is 25.9 Å². The molecular weight excluding hydrogens is 126 g/mol. The van der Waals surface area contributed by atoms with Crippen LogP contribution in [0.3, 0.4) is 0 Å². The molecule has 0 aromatic heterocycles. The van der Waals surface area contributed by atoms with Gasteiger partial charge in [-0.3, -0.25) is 4.90 Å². The molecule has 0 N–H and O–H groups in total. The first-order chi connectivity index (χ1) is 4.83. The average molecular weight is 142 g/mol. The summed E-state index contributed by atoms with van der Waals surface area (Å²) < 4.78 is 5.15. The lowest BCUT2D eigenvalue weighted by atomic mass is 10.4. The molecule has 0 spiro atoms. The second-order valence-electron chi connectivity index (χ2n) is 2.87. The molecule has 1 aliphatic heterocycles. The summed E-state index contributed by atoms with van der Waals surface area (Å²) in [5, 5.41) is 0. The van der Waals surface area contributed by atoms with Crippen LogP contribution in [0.25, 0.3) is 0 Å². The molecule has 0 aromatic carbocycles. The first-order valence-electron chi connectivity index (χ1n) is 3.93. The maximum Gasteiger partial charge on any atom is 0.0670 e. The summed E-state index contributed by atoms with van der Waals surface area (Å²) >= 11 is 0. The summed E-state index contributed by atoms with van der Waals surface area (Å²) in [5.74, 6) is 0. The molecule has 1 heterocycles. The van der Waals surface area contributed by atoms with Gasteiger partial charge in [-0.15, -0.1) is 0 Å². The monoisotopic (exact) mass is 142 g/mol. The zero-order valence-corrected chi connectivity index (χ0v) is 6.84. The van der Waals surface area contributed by atoms with Gasteiger partial charge >= 0.3 is 0 Å². The molecule has 1 fully saturated rings. The Labute approximate surface area is 63.2 Å². The van der Waals surface area contributed by atoms with Gasteiger partial charge in [0.1, 0.15) is 0 Å². The minimum Gasteiger partial charge on any atom is -0.380 e. The zero-order chi connectivity index (χ0) is 7.40. The van der Waals surface area contributed by atoms with Crippen LogP contribution < -0.4 is 0 Å². The van der Waals surface area contributed by atoms with Gasteiger partial charge in [0, 0.05) is 20.2 Å². The molecule has 0 bridgehead atoms. The Morgan fingerprint density at radius 2 is 2.50 bits per heavy atom. The topological polar surface area (TPSA) is 12.5 Å². The van der Waals surface area contributed by atoms with E-state index < -0.39 is 0 Å². The van der Waals surface area contributed by atoms with Gasteiger partial charge in [-0.05, 0) is 26.3 Å². The molecule has 0 aliphatic carbocycles. The van der Waals surface area contributed by atoms with E-state index in [1.807, 2.05) is 0 Å². The van der Waals surface area contributed by atoms with E-state index in [2.05, 4.69) is 18.4 Å². The minimum absolute atomic E-state index is 0.370. The highest BCUT2D eigenvalue weighted by molar-refractivity contribution is 4.77. The van der Waals surface area contributed by atoms with Gasteiger partial charge in [0.25, 0.3) is 0 Å². The molecule has 0 saturated carbocycles. The lowest BCUT2D eigenvalue weighted by Gasteiger charge is -2.18. The molecular formula is C8H16NO. The normalized spacial score (nSPS) is 23.4. The second-order valence-corrected chi connectivity index (χ2v) is 2.87. The van der Waals surface area contributed by atoms with Crippen molar-refractivity contribution in [1.29, 1.82) is 0 Å². The maximum atomic E-state index is 5.15. The Hall–Kier alpha value is -0.0800. The van der Waals surface area contributed by atoms with E-state index in [-0.39, 0.29) is 0 Å². The predicted octanol–water partition coefficient (Wildman–Crippen LogP) is 1.28. The van der Waals surface area contributed by atoms with Gasteiger partial charge < -0.3 is 4.74 Å². The quantitative estimate of drug-likeness (QED) is 0.588. The van der Waals surface area contributed by atoms with E-state index >= 15 is 0 Å². The third-order valence-electron chi connectivity index (χ3n) is 1.93. The summed E-state index contributed by atoms with van der Waals surface area (Å²) in [6.45, 7) is 6.64. The molecule has 1 rings (SSSR count). The van der Waals surface area contributed by atoms with Gasteiger partial charge in [0.15, 0.2) is 0 Å². The number of likely N-dealkylation sites (tertiary alicyclic amines) is 1. The van der Waals surface area contributed by atoms with E-state index in [4.69, 9.17) is 4.74 Å². The molecule has 1 radical (unpaired) electrons. The molecule has 1 aliphatic rings. The molecule has 0 amide bonds. The Bertz CT molecular complexity index is 89.3. The van der Waals surface area contributed by atoms with Gasteiger partial charge in [-0.25, -0.2) is 0 Å².